The number of benzene rings is 2. The van der Waals surface area contributed by atoms with Gasteiger partial charge in [0.15, 0.2) is 6.61 Å². The van der Waals surface area contributed by atoms with Crippen molar-refractivity contribution in [3.63, 3.8) is 0 Å². The van der Waals surface area contributed by atoms with Crippen LogP contribution in [0.1, 0.15) is 57.5 Å². The van der Waals surface area contributed by atoms with Crippen LogP contribution in [0.2, 0.25) is 0 Å². The molecule has 0 fully saturated rings. The second kappa shape index (κ2) is 9.41. The van der Waals surface area contributed by atoms with Crippen molar-refractivity contribution >= 4 is 11.9 Å². The SMILES string of the molecule is Cc1[nH]c(C(=O)OCC(=O)NC(c2ccccc2)c2ccccc2)c(C)c1[C@H](C)O. The van der Waals surface area contributed by atoms with Crippen molar-refractivity contribution in [3.8, 4) is 0 Å². The maximum atomic E-state index is 12.6. The normalized spacial score (nSPS) is 11.9. The first kappa shape index (κ1) is 21.3. The third kappa shape index (κ3) is 4.78. The zero-order valence-corrected chi connectivity index (χ0v) is 17.3. The largest absolute Gasteiger partial charge is 0.451 e. The first-order valence-electron chi connectivity index (χ1n) is 9.82. The minimum absolute atomic E-state index is 0.249. The Bertz CT molecular complexity index is 971. The Labute approximate surface area is 175 Å². The van der Waals surface area contributed by atoms with Crippen molar-refractivity contribution in [2.24, 2.45) is 0 Å². The average Bonchev–Trinajstić information content (AvgIpc) is 3.05. The average molecular weight is 406 g/mol. The number of H-pyrrole nitrogens is 1. The highest BCUT2D eigenvalue weighted by atomic mass is 16.5. The van der Waals surface area contributed by atoms with Crippen LogP contribution in [0, 0.1) is 13.8 Å². The molecule has 0 saturated heterocycles. The summed E-state index contributed by atoms with van der Waals surface area (Å²) in [5.74, 6) is -1.04. The first-order chi connectivity index (χ1) is 14.4. The highest BCUT2D eigenvalue weighted by molar-refractivity contribution is 5.91. The molecule has 1 amide bonds. The Morgan fingerprint density at radius 3 is 2.00 bits per heavy atom. The summed E-state index contributed by atoms with van der Waals surface area (Å²) in [6, 6.07) is 18.9. The van der Waals surface area contributed by atoms with Gasteiger partial charge in [-0.05, 0) is 37.5 Å². The lowest BCUT2D eigenvalue weighted by Gasteiger charge is -2.20. The third-order valence-corrected chi connectivity index (χ3v) is 5.02. The highest BCUT2D eigenvalue weighted by Crippen LogP contribution is 2.25. The van der Waals surface area contributed by atoms with E-state index in [0.717, 1.165) is 11.1 Å². The van der Waals surface area contributed by atoms with Crippen LogP contribution in [0.15, 0.2) is 60.7 Å². The van der Waals surface area contributed by atoms with Crippen LogP contribution < -0.4 is 5.32 Å². The zero-order chi connectivity index (χ0) is 21.7. The van der Waals surface area contributed by atoms with Gasteiger partial charge in [0.25, 0.3) is 5.91 Å². The Balaban J connectivity index is 1.69. The molecular weight excluding hydrogens is 380 g/mol. The smallest absolute Gasteiger partial charge is 0.355 e. The van der Waals surface area contributed by atoms with E-state index in [0.29, 0.717) is 16.8 Å². The quantitative estimate of drug-likeness (QED) is 0.521. The molecule has 0 unspecified atom stereocenters. The molecular formula is C24H26N2O4. The van der Waals surface area contributed by atoms with Gasteiger partial charge in [-0.15, -0.1) is 0 Å². The maximum absolute atomic E-state index is 12.6. The van der Waals surface area contributed by atoms with E-state index in [1.165, 1.54) is 0 Å². The molecule has 3 aromatic rings. The standard InChI is InChI=1S/C24H26N2O4/c1-15-21(17(3)27)16(2)25-22(15)24(29)30-14-20(28)26-23(18-10-6-4-7-11-18)19-12-8-5-9-13-19/h4-13,17,23,25,27H,14H2,1-3H3,(H,26,28)/t17-/m0/s1. The van der Waals surface area contributed by atoms with E-state index in [9.17, 15) is 14.7 Å². The fourth-order valence-electron chi connectivity index (χ4n) is 3.65. The van der Waals surface area contributed by atoms with E-state index >= 15 is 0 Å². The summed E-state index contributed by atoms with van der Waals surface area (Å²) < 4.78 is 5.23. The van der Waals surface area contributed by atoms with Crippen LogP contribution in [0.4, 0.5) is 0 Å². The summed E-state index contributed by atoms with van der Waals surface area (Å²) in [5, 5.41) is 12.8. The van der Waals surface area contributed by atoms with Crippen molar-refractivity contribution < 1.29 is 19.4 Å². The fraction of sp³-hybridized carbons (Fsp3) is 0.250. The van der Waals surface area contributed by atoms with Gasteiger partial charge in [-0.25, -0.2) is 4.79 Å². The minimum atomic E-state index is -0.705. The summed E-state index contributed by atoms with van der Waals surface area (Å²) in [6.07, 6.45) is -0.705. The van der Waals surface area contributed by atoms with Crippen LogP contribution >= 0.6 is 0 Å². The molecule has 30 heavy (non-hydrogen) atoms. The maximum Gasteiger partial charge on any atom is 0.355 e. The van der Waals surface area contributed by atoms with Gasteiger partial charge in [-0.2, -0.15) is 0 Å². The van der Waals surface area contributed by atoms with Crippen LogP contribution in [0.3, 0.4) is 0 Å². The number of aliphatic hydroxyl groups excluding tert-OH is 1. The number of amides is 1. The van der Waals surface area contributed by atoms with Gasteiger partial charge in [0.1, 0.15) is 5.69 Å². The summed E-state index contributed by atoms with van der Waals surface area (Å²) in [6.45, 7) is 4.75. The number of aryl methyl sites for hydroxylation is 1. The molecule has 3 rings (SSSR count). The molecule has 3 N–H and O–H groups in total. The number of ether oxygens (including phenoxy) is 1. The number of aliphatic hydroxyl groups is 1. The molecule has 0 bridgehead atoms. The van der Waals surface area contributed by atoms with Crippen molar-refractivity contribution in [1.82, 2.24) is 10.3 Å². The van der Waals surface area contributed by atoms with Gasteiger partial charge in [-0.3, -0.25) is 4.79 Å². The molecule has 6 nitrogen and oxygen atoms in total. The number of hydrogen-bond donors (Lipinski definition) is 3. The first-order valence-corrected chi connectivity index (χ1v) is 9.82. The number of rotatable bonds is 7. The molecule has 0 aliphatic carbocycles. The lowest BCUT2D eigenvalue weighted by Crippen LogP contribution is -2.33. The van der Waals surface area contributed by atoms with Crippen LogP contribution in [0.25, 0.3) is 0 Å². The van der Waals surface area contributed by atoms with E-state index in [4.69, 9.17) is 4.74 Å². The fourth-order valence-corrected chi connectivity index (χ4v) is 3.65. The van der Waals surface area contributed by atoms with Crippen molar-refractivity contribution in [3.05, 3.63) is 94.3 Å². The number of aromatic amines is 1. The molecule has 0 aliphatic heterocycles. The Hall–Kier alpha value is -3.38. The number of hydrogen-bond acceptors (Lipinski definition) is 4. The second-order valence-corrected chi connectivity index (χ2v) is 7.24. The van der Waals surface area contributed by atoms with Gasteiger partial charge in [0, 0.05) is 11.3 Å². The predicted molar refractivity (Wildman–Crippen MR) is 114 cm³/mol. The van der Waals surface area contributed by atoms with E-state index in [1.807, 2.05) is 60.7 Å². The molecule has 6 heteroatoms. The third-order valence-electron chi connectivity index (χ3n) is 5.02. The molecule has 1 heterocycles. The molecule has 0 spiro atoms. The summed E-state index contributed by atoms with van der Waals surface area (Å²) in [5.41, 5.74) is 4.10. The predicted octanol–water partition coefficient (Wildman–Crippen LogP) is 3.75. The van der Waals surface area contributed by atoms with Crippen molar-refractivity contribution in [1.29, 1.82) is 0 Å². The Morgan fingerprint density at radius 1 is 1.00 bits per heavy atom. The van der Waals surface area contributed by atoms with Crippen molar-refractivity contribution in [2.45, 2.75) is 32.9 Å². The number of carbonyl (C=O) groups is 2. The van der Waals surface area contributed by atoms with Crippen molar-refractivity contribution in [2.75, 3.05) is 6.61 Å². The highest BCUT2D eigenvalue weighted by Gasteiger charge is 2.22. The molecule has 0 radical (unpaired) electrons. The molecule has 0 saturated carbocycles. The zero-order valence-electron chi connectivity index (χ0n) is 17.3. The van der Waals surface area contributed by atoms with Gasteiger partial charge >= 0.3 is 5.97 Å². The molecule has 156 valence electrons. The topological polar surface area (TPSA) is 91.4 Å². The minimum Gasteiger partial charge on any atom is -0.451 e. The van der Waals surface area contributed by atoms with Crippen LogP contribution in [-0.4, -0.2) is 28.6 Å². The number of esters is 1. The van der Waals surface area contributed by atoms with E-state index in [1.54, 1.807) is 20.8 Å². The summed E-state index contributed by atoms with van der Waals surface area (Å²) in [4.78, 5) is 28.0. The number of carbonyl (C=O) groups excluding carboxylic acids is 2. The van der Waals surface area contributed by atoms with Crippen LogP contribution in [0.5, 0.6) is 0 Å². The van der Waals surface area contributed by atoms with E-state index in [2.05, 4.69) is 10.3 Å². The van der Waals surface area contributed by atoms with Gasteiger partial charge in [0.2, 0.25) is 0 Å². The molecule has 1 atom stereocenters. The molecule has 2 aromatic carbocycles. The van der Waals surface area contributed by atoms with E-state index < -0.39 is 24.6 Å². The Kier molecular flexibility index (Phi) is 6.69. The second-order valence-electron chi connectivity index (χ2n) is 7.24. The lowest BCUT2D eigenvalue weighted by atomic mass is 9.99. The molecule has 0 aliphatic rings. The van der Waals surface area contributed by atoms with Gasteiger partial charge in [0.05, 0.1) is 12.1 Å². The van der Waals surface area contributed by atoms with Gasteiger partial charge in [-0.1, -0.05) is 60.7 Å². The van der Waals surface area contributed by atoms with Crippen LogP contribution in [-0.2, 0) is 9.53 Å². The molecule has 1 aromatic heterocycles. The van der Waals surface area contributed by atoms with Gasteiger partial charge < -0.3 is 20.1 Å². The Morgan fingerprint density at radius 2 is 1.53 bits per heavy atom. The summed E-state index contributed by atoms with van der Waals surface area (Å²) >= 11 is 0. The number of nitrogens with one attached hydrogen (secondary N) is 2. The van der Waals surface area contributed by atoms with E-state index in [-0.39, 0.29) is 11.7 Å². The lowest BCUT2D eigenvalue weighted by molar-refractivity contribution is -0.124. The number of aromatic nitrogens is 1. The summed E-state index contributed by atoms with van der Waals surface area (Å²) in [7, 11) is 0. The monoisotopic (exact) mass is 406 g/mol.